The van der Waals surface area contributed by atoms with E-state index in [0.29, 0.717) is 33.5 Å². The Kier molecular flexibility index (Phi) is 7.01. The van der Waals surface area contributed by atoms with Gasteiger partial charge in [-0.3, -0.25) is 15.1 Å². The van der Waals surface area contributed by atoms with E-state index in [4.69, 9.17) is 22.1 Å². The maximum absolute atomic E-state index is 13.3. The van der Waals surface area contributed by atoms with Crippen molar-refractivity contribution in [3.63, 3.8) is 0 Å². The van der Waals surface area contributed by atoms with Gasteiger partial charge in [0.15, 0.2) is 16.4 Å². The standard InChI is InChI=1S/C22H22ClN7O2S/c1-30-20(7-6-13-4-3-5-13)33-22(29-30)28-21(31)15-9-19(27-12-24)26-10-16(15)14-8-18(23)25-11-17(14)32-2/h8-13,20H,3-5H2,1-2H3,(H2,24,26,27)(H,28,29,31). The first-order valence-electron chi connectivity index (χ1n) is 10.2. The number of nitrogens with two attached hydrogens (primary N) is 1. The molecule has 3 heterocycles. The molecule has 1 amide bonds. The molecule has 1 saturated carbocycles. The van der Waals surface area contributed by atoms with Crippen LogP contribution in [0.3, 0.4) is 0 Å². The molecule has 33 heavy (non-hydrogen) atoms. The van der Waals surface area contributed by atoms with Gasteiger partial charge < -0.3 is 10.5 Å². The van der Waals surface area contributed by atoms with Gasteiger partial charge in [0.1, 0.15) is 10.9 Å². The molecule has 1 aliphatic carbocycles. The average Bonchev–Trinajstić information content (AvgIpc) is 3.11. The number of ether oxygens (including phenoxy) is 1. The molecule has 3 N–H and O–H groups in total. The van der Waals surface area contributed by atoms with E-state index in [1.807, 2.05) is 7.05 Å². The molecule has 1 unspecified atom stereocenters. The molecule has 1 aliphatic heterocycles. The Bertz CT molecular complexity index is 1190. The lowest BCUT2D eigenvalue weighted by molar-refractivity contribution is 0.0978. The minimum absolute atomic E-state index is 0.144. The fourth-order valence-corrected chi connectivity index (χ4v) is 4.29. The minimum Gasteiger partial charge on any atom is -0.494 e. The van der Waals surface area contributed by atoms with Crippen molar-refractivity contribution in [3.8, 4) is 28.7 Å². The monoisotopic (exact) mass is 483 g/mol. The number of amides is 1. The molecule has 2 aromatic heterocycles. The molecule has 170 valence electrons. The van der Waals surface area contributed by atoms with Crippen molar-refractivity contribution < 1.29 is 9.53 Å². The molecule has 1 fully saturated rings. The van der Waals surface area contributed by atoms with Gasteiger partial charge in [-0.15, -0.1) is 0 Å². The Labute approximate surface area is 200 Å². The number of aliphatic imine (C=N–C) groups is 1. The number of hydrazone groups is 1. The summed E-state index contributed by atoms with van der Waals surface area (Å²) in [4.78, 5) is 25.6. The van der Waals surface area contributed by atoms with E-state index in [1.54, 1.807) is 17.1 Å². The average molecular weight is 484 g/mol. The number of nitrogens with one attached hydrogen (secondary N) is 1. The van der Waals surface area contributed by atoms with E-state index >= 15 is 0 Å². The number of rotatable bonds is 4. The second-order valence-corrected chi connectivity index (χ2v) is 8.85. The first-order valence-corrected chi connectivity index (χ1v) is 11.5. The molecule has 4 rings (SSSR count). The third kappa shape index (κ3) is 5.21. The predicted molar refractivity (Wildman–Crippen MR) is 131 cm³/mol. The van der Waals surface area contributed by atoms with Gasteiger partial charge in [0.05, 0.1) is 25.2 Å². The van der Waals surface area contributed by atoms with Crippen molar-refractivity contribution in [2.45, 2.75) is 24.6 Å². The van der Waals surface area contributed by atoms with Gasteiger partial charge in [-0.2, -0.15) is 5.10 Å². The number of nitrogens with zero attached hydrogens (tertiary/aromatic N) is 5. The first-order chi connectivity index (χ1) is 16.0. The number of carbonyl (C=O) groups excluding carboxylic acids is 1. The number of thioether (sulfide) groups is 1. The van der Waals surface area contributed by atoms with Crippen LogP contribution in [0.1, 0.15) is 29.6 Å². The summed E-state index contributed by atoms with van der Waals surface area (Å²) in [5.74, 6) is 7.37. The highest BCUT2D eigenvalue weighted by Gasteiger charge is 2.27. The predicted octanol–water partition coefficient (Wildman–Crippen LogP) is 3.23. The lowest BCUT2D eigenvalue weighted by Gasteiger charge is -2.19. The number of pyridine rings is 2. The Hall–Kier alpha value is -3.29. The minimum atomic E-state index is -0.386. The Morgan fingerprint density at radius 2 is 2.15 bits per heavy atom. The summed E-state index contributed by atoms with van der Waals surface area (Å²) in [5, 5.41) is 9.61. The Morgan fingerprint density at radius 3 is 2.85 bits per heavy atom. The molecule has 9 nitrogen and oxygen atoms in total. The fourth-order valence-electron chi connectivity index (χ4n) is 3.27. The van der Waals surface area contributed by atoms with E-state index < -0.39 is 0 Å². The number of hydrogen-bond acceptors (Lipinski definition) is 8. The molecule has 1 atom stereocenters. The zero-order chi connectivity index (χ0) is 23.4. The van der Waals surface area contributed by atoms with Gasteiger partial charge in [-0.25, -0.2) is 15.0 Å². The summed E-state index contributed by atoms with van der Waals surface area (Å²) in [5.41, 5.74) is 6.79. The van der Waals surface area contributed by atoms with Gasteiger partial charge in [-0.05, 0) is 36.7 Å². The topological polar surface area (TPSA) is 118 Å². The molecule has 0 bridgehead atoms. The lowest BCUT2D eigenvalue weighted by atomic mass is 9.86. The summed E-state index contributed by atoms with van der Waals surface area (Å²) in [6.45, 7) is 0. The molecule has 0 radical (unpaired) electrons. The molecule has 0 spiro atoms. The van der Waals surface area contributed by atoms with Gasteiger partial charge in [0, 0.05) is 30.3 Å². The molecule has 0 saturated heterocycles. The Balaban J connectivity index is 1.61. The number of methoxy groups -OCH3 is 1. The number of hydrogen-bond donors (Lipinski definition) is 2. The van der Waals surface area contributed by atoms with Crippen LogP contribution in [0.15, 0.2) is 34.6 Å². The number of amidine groups is 1. The zero-order valence-electron chi connectivity index (χ0n) is 18.1. The quantitative estimate of drug-likeness (QED) is 0.296. The van der Waals surface area contributed by atoms with E-state index in [1.165, 1.54) is 37.7 Å². The van der Waals surface area contributed by atoms with Gasteiger partial charge >= 0.3 is 0 Å². The molecule has 11 heteroatoms. The molecule has 2 aromatic rings. The number of aromatic nitrogens is 2. The normalized spacial score (nSPS) is 17.8. The molecular weight excluding hydrogens is 462 g/mol. The van der Waals surface area contributed by atoms with Crippen LogP contribution in [0.5, 0.6) is 5.75 Å². The van der Waals surface area contributed by atoms with Crippen molar-refractivity contribution in [2.75, 3.05) is 14.2 Å². The largest absolute Gasteiger partial charge is 0.494 e. The fraction of sp³-hybridized carbons (Fsp3) is 0.318. The van der Waals surface area contributed by atoms with Crippen LogP contribution < -0.4 is 15.8 Å². The van der Waals surface area contributed by atoms with Crippen LogP contribution in [0, 0.1) is 17.8 Å². The van der Waals surface area contributed by atoms with E-state index in [2.05, 4.69) is 37.2 Å². The zero-order valence-corrected chi connectivity index (χ0v) is 19.7. The van der Waals surface area contributed by atoms with E-state index in [-0.39, 0.29) is 22.3 Å². The summed E-state index contributed by atoms with van der Waals surface area (Å²) in [6.07, 6.45) is 7.67. The Morgan fingerprint density at radius 1 is 1.33 bits per heavy atom. The maximum atomic E-state index is 13.3. The molecule has 2 aliphatic rings. The lowest BCUT2D eigenvalue weighted by Crippen LogP contribution is -2.28. The van der Waals surface area contributed by atoms with Crippen molar-refractivity contribution in [1.82, 2.24) is 20.3 Å². The summed E-state index contributed by atoms with van der Waals surface area (Å²) in [7, 11) is 3.35. The SMILES string of the molecule is COc1cnc(Cl)cc1-c1cnc(N=CN)cc1C(=O)NC1=NN(C)C(C#CC2CCC2)S1. The second-order valence-electron chi connectivity index (χ2n) is 7.39. The molecule has 0 aromatic carbocycles. The number of carbonyl (C=O) groups is 1. The van der Waals surface area contributed by atoms with Crippen molar-refractivity contribution in [3.05, 3.63) is 35.2 Å². The smallest absolute Gasteiger partial charge is 0.258 e. The second kappa shape index (κ2) is 10.1. The van der Waals surface area contributed by atoms with Crippen LogP contribution >= 0.6 is 23.4 Å². The van der Waals surface area contributed by atoms with Crippen molar-refractivity contribution in [2.24, 2.45) is 21.7 Å². The van der Waals surface area contributed by atoms with Crippen LogP contribution in [-0.2, 0) is 0 Å². The summed E-state index contributed by atoms with van der Waals surface area (Å²) >= 11 is 7.50. The van der Waals surface area contributed by atoms with E-state index in [0.717, 1.165) is 19.2 Å². The third-order valence-electron chi connectivity index (χ3n) is 5.23. The van der Waals surface area contributed by atoms with Crippen LogP contribution in [0.2, 0.25) is 5.15 Å². The van der Waals surface area contributed by atoms with E-state index in [9.17, 15) is 4.79 Å². The number of halogens is 1. The highest BCUT2D eigenvalue weighted by molar-refractivity contribution is 8.14. The molecular formula is C22H22ClN7O2S. The van der Waals surface area contributed by atoms with Gasteiger partial charge in [0.25, 0.3) is 5.91 Å². The van der Waals surface area contributed by atoms with Crippen molar-refractivity contribution in [1.29, 1.82) is 0 Å². The summed E-state index contributed by atoms with van der Waals surface area (Å²) < 4.78 is 5.41. The van der Waals surface area contributed by atoms with Crippen LogP contribution in [0.25, 0.3) is 11.1 Å². The third-order valence-corrected chi connectivity index (χ3v) is 6.49. The van der Waals surface area contributed by atoms with Gasteiger partial charge in [-0.1, -0.05) is 29.9 Å². The summed E-state index contributed by atoms with van der Waals surface area (Å²) in [6, 6.07) is 3.15. The highest BCUT2D eigenvalue weighted by Crippen LogP contribution is 2.34. The first kappa shape index (κ1) is 22.9. The maximum Gasteiger partial charge on any atom is 0.258 e. The van der Waals surface area contributed by atoms with Crippen LogP contribution in [-0.4, -0.2) is 51.9 Å². The van der Waals surface area contributed by atoms with Crippen molar-refractivity contribution >= 4 is 46.6 Å². The van der Waals surface area contributed by atoms with Crippen LogP contribution in [0.4, 0.5) is 5.82 Å². The van der Waals surface area contributed by atoms with Gasteiger partial charge in [0.2, 0.25) is 0 Å². The highest BCUT2D eigenvalue weighted by atomic mass is 35.5.